The minimum atomic E-state index is -1.70. The quantitative estimate of drug-likeness (QED) is 0.340. The molecule has 0 spiro atoms. The Morgan fingerprint density at radius 2 is 1.86 bits per heavy atom. The predicted octanol–water partition coefficient (Wildman–Crippen LogP) is 5.40. The van der Waals surface area contributed by atoms with Crippen molar-refractivity contribution in [3.05, 3.63) is 12.7 Å². The van der Waals surface area contributed by atoms with Crippen LogP contribution in [0.15, 0.2) is 12.7 Å². The summed E-state index contributed by atoms with van der Waals surface area (Å²) in [5.74, 6) is 1.01. The highest BCUT2D eigenvalue weighted by Gasteiger charge is 2.47. The first-order valence-electron chi connectivity index (χ1n) is 8.49. The van der Waals surface area contributed by atoms with Gasteiger partial charge in [-0.2, -0.15) is 0 Å². The van der Waals surface area contributed by atoms with Crippen LogP contribution in [-0.2, 0) is 9.16 Å². The van der Waals surface area contributed by atoms with Gasteiger partial charge in [0.15, 0.2) is 8.32 Å². The second kappa shape index (κ2) is 6.97. The van der Waals surface area contributed by atoms with Crippen molar-refractivity contribution in [2.24, 2.45) is 11.8 Å². The molecule has 0 radical (unpaired) electrons. The molecule has 124 valence electrons. The Balaban J connectivity index is 2.60. The molecule has 0 aliphatic carbocycles. The zero-order valence-electron chi connectivity index (χ0n) is 15.4. The van der Waals surface area contributed by atoms with Crippen LogP contribution in [0.1, 0.15) is 54.4 Å². The second-order valence-electron chi connectivity index (χ2n) is 8.27. The van der Waals surface area contributed by atoms with Gasteiger partial charge < -0.3 is 9.16 Å². The van der Waals surface area contributed by atoms with Crippen LogP contribution in [0.2, 0.25) is 18.1 Å². The van der Waals surface area contributed by atoms with E-state index in [2.05, 4.69) is 61.2 Å². The third kappa shape index (κ3) is 4.94. The summed E-state index contributed by atoms with van der Waals surface area (Å²) in [6.07, 6.45) is 5.28. The van der Waals surface area contributed by atoms with E-state index in [-0.39, 0.29) is 5.04 Å². The summed E-state index contributed by atoms with van der Waals surface area (Å²) in [5, 5.41) is 0.265. The molecule has 0 N–H and O–H groups in total. The number of rotatable bonds is 8. The molecular weight excluding hydrogens is 276 g/mol. The Morgan fingerprint density at radius 1 is 1.29 bits per heavy atom. The van der Waals surface area contributed by atoms with Gasteiger partial charge in [-0.25, -0.2) is 0 Å². The SMILES string of the molecule is C=C[C@@H](C)C[C@H]1O[C@@H]1[C@H](C)[C@H](CC)O[Si](C)(C)C(C)(C)C. The molecule has 1 heterocycles. The number of hydrogen-bond acceptors (Lipinski definition) is 2. The first-order chi connectivity index (χ1) is 9.53. The van der Waals surface area contributed by atoms with Gasteiger partial charge in [0.2, 0.25) is 0 Å². The normalized spacial score (nSPS) is 27.0. The molecule has 2 nitrogen and oxygen atoms in total. The first-order valence-corrected chi connectivity index (χ1v) is 11.4. The standard InChI is InChI=1S/C18H36O2Si/c1-10-13(3)12-16-17(19-16)14(4)15(11-2)20-21(8,9)18(5,6)7/h10,13-17H,1,11-12H2,2-9H3/t13-,14-,15+,16-,17-/m1/s1. The summed E-state index contributed by atoms with van der Waals surface area (Å²) in [5.41, 5.74) is 0. The highest BCUT2D eigenvalue weighted by atomic mass is 28.4. The van der Waals surface area contributed by atoms with Crippen LogP contribution in [0.4, 0.5) is 0 Å². The summed E-state index contributed by atoms with van der Waals surface area (Å²) in [6, 6.07) is 0. The molecule has 0 saturated carbocycles. The minimum absolute atomic E-state index is 0.265. The van der Waals surface area contributed by atoms with E-state index in [0.717, 1.165) is 12.8 Å². The van der Waals surface area contributed by atoms with E-state index in [1.165, 1.54) is 0 Å². The summed E-state index contributed by atoms with van der Waals surface area (Å²) in [6.45, 7) is 22.2. The molecule has 0 unspecified atom stereocenters. The van der Waals surface area contributed by atoms with Crippen molar-refractivity contribution in [3.8, 4) is 0 Å². The molecule has 0 bridgehead atoms. The molecule has 3 heteroatoms. The Hall–Kier alpha value is -0.123. The fourth-order valence-electron chi connectivity index (χ4n) is 2.60. The fourth-order valence-corrected chi connectivity index (χ4v) is 4.09. The van der Waals surface area contributed by atoms with E-state index in [0.29, 0.717) is 30.1 Å². The number of ether oxygens (including phenoxy) is 1. The Labute approximate surface area is 133 Å². The summed E-state index contributed by atoms with van der Waals surface area (Å²) in [7, 11) is -1.70. The van der Waals surface area contributed by atoms with Crippen molar-refractivity contribution in [1.29, 1.82) is 0 Å². The second-order valence-corrected chi connectivity index (χ2v) is 13.0. The lowest BCUT2D eigenvalue weighted by Gasteiger charge is -2.40. The van der Waals surface area contributed by atoms with Crippen LogP contribution in [0.5, 0.6) is 0 Å². The van der Waals surface area contributed by atoms with Crippen molar-refractivity contribution >= 4 is 8.32 Å². The van der Waals surface area contributed by atoms with Crippen molar-refractivity contribution < 1.29 is 9.16 Å². The zero-order valence-corrected chi connectivity index (χ0v) is 16.4. The summed E-state index contributed by atoms with van der Waals surface area (Å²) >= 11 is 0. The van der Waals surface area contributed by atoms with E-state index in [9.17, 15) is 0 Å². The summed E-state index contributed by atoms with van der Waals surface area (Å²) < 4.78 is 12.6. The Morgan fingerprint density at radius 3 is 2.29 bits per heavy atom. The lowest BCUT2D eigenvalue weighted by Crippen LogP contribution is -2.46. The van der Waals surface area contributed by atoms with Gasteiger partial charge in [-0.15, -0.1) is 6.58 Å². The van der Waals surface area contributed by atoms with Crippen molar-refractivity contribution in [2.45, 2.75) is 90.8 Å². The molecule has 1 rings (SSSR count). The Bertz CT molecular complexity index is 346. The van der Waals surface area contributed by atoms with Gasteiger partial charge in [-0.1, -0.05) is 47.6 Å². The molecule has 1 saturated heterocycles. The first kappa shape index (κ1) is 18.9. The Kier molecular flexibility index (Phi) is 6.28. The molecule has 5 atom stereocenters. The van der Waals surface area contributed by atoms with Gasteiger partial charge in [-0.05, 0) is 36.9 Å². The molecule has 1 aliphatic heterocycles. The topological polar surface area (TPSA) is 21.8 Å². The highest BCUT2D eigenvalue weighted by Crippen LogP contribution is 2.42. The van der Waals surface area contributed by atoms with Gasteiger partial charge in [0.05, 0.1) is 12.2 Å². The van der Waals surface area contributed by atoms with Crippen molar-refractivity contribution in [3.63, 3.8) is 0 Å². The van der Waals surface area contributed by atoms with E-state index in [1.807, 2.05) is 6.08 Å². The highest BCUT2D eigenvalue weighted by molar-refractivity contribution is 6.74. The van der Waals surface area contributed by atoms with Gasteiger partial charge in [0.1, 0.15) is 0 Å². The van der Waals surface area contributed by atoms with E-state index >= 15 is 0 Å². The average molecular weight is 313 g/mol. The van der Waals surface area contributed by atoms with Gasteiger partial charge in [0, 0.05) is 12.0 Å². The van der Waals surface area contributed by atoms with Crippen molar-refractivity contribution in [1.82, 2.24) is 0 Å². The lowest BCUT2D eigenvalue weighted by atomic mass is 9.94. The maximum atomic E-state index is 6.63. The van der Waals surface area contributed by atoms with Gasteiger partial charge in [-0.3, -0.25) is 0 Å². The molecule has 0 amide bonds. The minimum Gasteiger partial charge on any atom is -0.414 e. The third-order valence-electron chi connectivity index (χ3n) is 5.39. The number of allylic oxidation sites excluding steroid dienone is 1. The predicted molar refractivity (Wildman–Crippen MR) is 94.2 cm³/mol. The molecule has 0 aromatic rings. The maximum absolute atomic E-state index is 6.63. The molecule has 21 heavy (non-hydrogen) atoms. The van der Waals surface area contributed by atoms with Crippen LogP contribution in [0, 0.1) is 11.8 Å². The molecule has 0 aromatic carbocycles. The molecule has 1 aliphatic rings. The number of hydrogen-bond donors (Lipinski definition) is 0. The molecule has 0 aromatic heterocycles. The monoisotopic (exact) mass is 312 g/mol. The van der Waals surface area contributed by atoms with E-state index < -0.39 is 8.32 Å². The van der Waals surface area contributed by atoms with Crippen LogP contribution >= 0.6 is 0 Å². The fraction of sp³-hybridized carbons (Fsp3) is 0.889. The van der Waals surface area contributed by atoms with Crippen LogP contribution in [0.3, 0.4) is 0 Å². The van der Waals surface area contributed by atoms with Crippen molar-refractivity contribution in [2.75, 3.05) is 0 Å². The van der Waals surface area contributed by atoms with E-state index in [4.69, 9.17) is 9.16 Å². The molecular formula is C18H36O2Si. The summed E-state index contributed by atoms with van der Waals surface area (Å²) in [4.78, 5) is 0. The number of epoxide rings is 1. The van der Waals surface area contributed by atoms with Gasteiger partial charge >= 0.3 is 0 Å². The smallest absolute Gasteiger partial charge is 0.192 e. The van der Waals surface area contributed by atoms with Crippen LogP contribution < -0.4 is 0 Å². The zero-order chi connectivity index (χ0) is 16.4. The maximum Gasteiger partial charge on any atom is 0.192 e. The third-order valence-corrected chi connectivity index (χ3v) is 9.89. The van der Waals surface area contributed by atoms with Crippen LogP contribution in [-0.4, -0.2) is 26.6 Å². The van der Waals surface area contributed by atoms with Crippen LogP contribution in [0.25, 0.3) is 0 Å². The molecule has 1 fully saturated rings. The lowest BCUT2D eigenvalue weighted by molar-refractivity contribution is 0.104. The van der Waals surface area contributed by atoms with E-state index in [1.54, 1.807) is 0 Å². The average Bonchev–Trinajstić information content (AvgIpc) is 3.12. The van der Waals surface area contributed by atoms with Gasteiger partial charge in [0.25, 0.3) is 0 Å². The largest absolute Gasteiger partial charge is 0.414 e.